The topological polar surface area (TPSA) is 30.0 Å². The number of hydrogen-bond donors (Lipinski definition) is 0. The number of aryl methyl sites for hydroxylation is 1. The Labute approximate surface area is 130 Å². The smallest absolute Gasteiger partial charge is 0.162 e. The lowest BCUT2D eigenvalue weighted by Gasteiger charge is -2.10. The van der Waals surface area contributed by atoms with Crippen molar-refractivity contribution in [3.8, 4) is 0 Å². The number of ketones is 1. The van der Waals surface area contributed by atoms with Crippen LogP contribution in [0.1, 0.15) is 34.1 Å². The monoisotopic (exact) mass is 287 g/mol. The minimum Gasteiger partial charge on any atom is -0.294 e. The highest BCUT2D eigenvalue weighted by molar-refractivity contribution is 6.05. The fourth-order valence-corrected chi connectivity index (χ4v) is 2.73. The number of rotatable bonds is 3. The van der Waals surface area contributed by atoms with Crippen molar-refractivity contribution in [2.24, 2.45) is 0 Å². The molecule has 0 saturated heterocycles. The van der Waals surface area contributed by atoms with Gasteiger partial charge in [-0.1, -0.05) is 60.7 Å². The van der Waals surface area contributed by atoms with Crippen LogP contribution < -0.4 is 0 Å². The molecule has 22 heavy (non-hydrogen) atoms. The summed E-state index contributed by atoms with van der Waals surface area (Å²) in [4.78, 5) is 16.6. The van der Waals surface area contributed by atoms with Crippen molar-refractivity contribution < 1.29 is 4.79 Å². The Kier molecular flexibility index (Phi) is 3.84. The summed E-state index contributed by atoms with van der Waals surface area (Å²) in [7, 11) is 0. The van der Waals surface area contributed by atoms with Gasteiger partial charge in [0.25, 0.3) is 0 Å². The first kappa shape index (κ1) is 14.2. The maximum atomic E-state index is 12.1. The van der Waals surface area contributed by atoms with Crippen LogP contribution in [0, 0.1) is 6.92 Å². The molecule has 0 atom stereocenters. The molecule has 1 aromatic heterocycles. The van der Waals surface area contributed by atoms with Gasteiger partial charge >= 0.3 is 0 Å². The molecule has 3 rings (SSSR count). The van der Waals surface area contributed by atoms with E-state index in [9.17, 15) is 4.79 Å². The molecule has 1 heterocycles. The number of hydrogen-bond acceptors (Lipinski definition) is 2. The molecule has 0 radical (unpaired) electrons. The molecule has 0 unspecified atom stereocenters. The standard InChI is InChI=1S/C20H17NO/c1-14-20(15(2)22)18(13-12-16-8-4-3-5-9-16)17-10-6-7-11-19(17)21-14/h3-13H,1-2H3/b13-12+. The van der Waals surface area contributed by atoms with Crippen molar-refractivity contribution in [3.63, 3.8) is 0 Å². The first-order chi connectivity index (χ1) is 10.7. The summed E-state index contributed by atoms with van der Waals surface area (Å²) in [5.41, 5.74) is 4.44. The summed E-state index contributed by atoms with van der Waals surface area (Å²) < 4.78 is 0. The highest BCUT2D eigenvalue weighted by Gasteiger charge is 2.13. The Morgan fingerprint density at radius 1 is 0.955 bits per heavy atom. The summed E-state index contributed by atoms with van der Waals surface area (Å²) in [6.45, 7) is 3.49. The molecule has 0 aliphatic heterocycles. The Morgan fingerprint density at radius 3 is 2.36 bits per heavy atom. The first-order valence-corrected chi connectivity index (χ1v) is 7.30. The molecule has 3 aromatic rings. The van der Waals surface area contributed by atoms with E-state index >= 15 is 0 Å². The van der Waals surface area contributed by atoms with E-state index in [2.05, 4.69) is 4.98 Å². The van der Waals surface area contributed by atoms with E-state index in [4.69, 9.17) is 0 Å². The number of aromatic nitrogens is 1. The maximum absolute atomic E-state index is 12.1. The average molecular weight is 287 g/mol. The molecule has 2 nitrogen and oxygen atoms in total. The SMILES string of the molecule is CC(=O)c1c(C)nc2ccccc2c1/C=C/c1ccccc1. The van der Waals surface area contributed by atoms with Crippen LogP contribution in [-0.2, 0) is 0 Å². The van der Waals surface area contributed by atoms with Gasteiger partial charge in [0, 0.05) is 16.6 Å². The molecule has 0 aliphatic carbocycles. The molecule has 0 fully saturated rings. The number of nitrogens with zero attached hydrogens (tertiary/aromatic N) is 1. The van der Waals surface area contributed by atoms with E-state index < -0.39 is 0 Å². The fraction of sp³-hybridized carbons (Fsp3) is 0.100. The Hall–Kier alpha value is -2.74. The minimum absolute atomic E-state index is 0.0449. The van der Waals surface area contributed by atoms with Gasteiger partial charge in [0.05, 0.1) is 5.52 Å². The molecule has 2 aromatic carbocycles. The normalized spacial score (nSPS) is 11.2. The maximum Gasteiger partial charge on any atom is 0.162 e. The van der Waals surface area contributed by atoms with Crippen molar-refractivity contribution in [1.82, 2.24) is 4.98 Å². The van der Waals surface area contributed by atoms with E-state index in [0.717, 1.165) is 27.7 Å². The molecular weight excluding hydrogens is 270 g/mol. The van der Waals surface area contributed by atoms with Crippen LogP contribution in [0.3, 0.4) is 0 Å². The lowest BCUT2D eigenvalue weighted by atomic mass is 9.97. The third-order valence-corrected chi connectivity index (χ3v) is 3.71. The van der Waals surface area contributed by atoms with Gasteiger partial charge in [-0.2, -0.15) is 0 Å². The van der Waals surface area contributed by atoms with Gasteiger partial charge in [0.15, 0.2) is 5.78 Å². The molecule has 0 spiro atoms. The van der Waals surface area contributed by atoms with Gasteiger partial charge in [-0.15, -0.1) is 0 Å². The Bertz CT molecular complexity index is 864. The first-order valence-electron chi connectivity index (χ1n) is 7.30. The second-order valence-electron chi connectivity index (χ2n) is 5.30. The Morgan fingerprint density at radius 2 is 1.64 bits per heavy atom. The number of carbonyl (C=O) groups is 1. The van der Waals surface area contributed by atoms with Crippen LogP contribution in [0.25, 0.3) is 23.1 Å². The second-order valence-corrected chi connectivity index (χ2v) is 5.30. The van der Waals surface area contributed by atoms with Gasteiger partial charge in [-0.3, -0.25) is 9.78 Å². The number of benzene rings is 2. The molecule has 0 saturated carbocycles. The summed E-state index contributed by atoms with van der Waals surface area (Å²) in [6.07, 6.45) is 4.05. The summed E-state index contributed by atoms with van der Waals surface area (Å²) in [5, 5.41) is 1.01. The number of para-hydroxylation sites is 1. The molecular formula is C20H17NO. The number of Topliss-reactive ketones (excluding diaryl/α,β-unsaturated/α-hetero) is 1. The molecule has 0 amide bonds. The van der Waals surface area contributed by atoms with Gasteiger partial charge in [0.1, 0.15) is 0 Å². The van der Waals surface area contributed by atoms with Crippen LogP contribution in [0.15, 0.2) is 54.6 Å². The van der Waals surface area contributed by atoms with E-state index in [1.54, 1.807) is 6.92 Å². The number of fused-ring (bicyclic) bond motifs is 1. The van der Waals surface area contributed by atoms with Crippen molar-refractivity contribution in [2.75, 3.05) is 0 Å². The average Bonchev–Trinajstić information content (AvgIpc) is 2.52. The molecule has 108 valence electrons. The Balaban J connectivity index is 2.23. The zero-order valence-electron chi connectivity index (χ0n) is 12.7. The fourth-order valence-electron chi connectivity index (χ4n) is 2.73. The number of carbonyl (C=O) groups excluding carboxylic acids is 1. The van der Waals surface area contributed by atoms with Crippen LogP contribution in [-0.4, -0.2) is 10.8 Å². The lowest BCUT2D eigenvalue weighted by Crippen LogP contribution is -2.03. The zero-order chi connectivity index (χ0) is 15.5. The lowest BCUT2D eigenvalue weighted by molar-refractivity contribution is 0.101. The van der Waals surface area contributed by atoms with Gasteiger partial charge in [0.2, 0.25) is 0 Å². The molecule has 0 N–H and O–H groups in total. The molecule has 0 bridgehead atoms. The quantitative estimate of drug-likeness (QED) is 0.640. The minimum atomic E-state index is 0.0449. The van der Waals surface area contributed by atoms with E-state index in [1.807, 2.05) is 73.7 Å². The summed E-state index contributed by atoms with van der Waals surface area (Å²) in [6, 6.07) is 18.0. The second kappa shape index (κ2) is 5.94. The van der Waals surface area contributed by atoms with E-state index in [1.165, 1.54) is 0 Å². The summed E-state index contributed by atoms with van der Waals surface area (Å²) >= 11 is 0. The van der Waals surface area contributed by atoms with Crippen molar-refractivity contribution in [2.45, 2.75) is 13.8 Å². The van der Waals surface area contributed by atoms with Crippen LogP contribution in [0.5, 0.6) is 0 Å². The largest absolute Gasteiger partial charge is 0.294 e. The van der Waals surface area contributed by atoms with Gasteiger partial charge in [-0.05, 0) is 31.0 Å². The van der Waals surface area contributed by atoms with Crippen molar-refractivity contribution in [1.29, 1.82) is 0 Å². The third-order valence-electron chi connectivity index (χ3n) is 3.71. The molecule has 0 aliphatic rings. The third kappa shape index (κ3) is 2.68. The predicted octanol–water partition coefficient (Wildman–Crippen LogP) is 4.92. The highest BCUT2D eigenvalue weighted by Crippen LogP contribution is 2.26. The van der Waals surface area contributed by atoms with Crippen LogP contribution >= 0.6 is 0 Å². The van der Waals surface area contributed by atoms with Gasteiger partial charge < -0.3 is 0 Å². The summed E-state index contributed by atoms with van der Waals surface area (Å²) in [5.74, 6) is 0.0449. The number of pyridine rings is 1. The molecule has 2 heteroatoms. The predicted molar refractivity (Wildman–Crippen MR) is 91.9 cm³/mol. The van der Waals surface area contributed by atoms with E-state index in [-0.39, 0.29) is 5.78 Å². The van der Waals surface area contributed by atoms with E-state index in [0.29, 0.717) is 5.56 Å². The highest BCUT2D eigenvalue weighted by atomic mass is 16.1. The van der Waals surface area contributed by atoms with Crippen LogP contribution in [0.2, 0.25) is 0 Å². The van der Waals surface area contributed by atoms with Crippen LogP contribution in [0.4, 0.5) is 0 Å². The van der Waals surface area contributed by atoms with Crippen molar-refractivity contribution in [3.05, 3.63) is 77.0 Å². The van der Waals surface area contributed by atoms with Gasteiger partial charge in [-0.25, -0.2) is 0 Å². The van der Waals surface area contributed by atoms with Crippen molar-refractivity contribution >= 4 is 28.8 Å². The zero-order valence-corrected chi connectivity index (χ0v) is 12.7.